The van der Waals surface area contributed by atoms with Crippen LogP contribution in [-0.4, -0.2) is 39.6 Å². The molecule has 0 saturated heterocycles. The lowest BCUT2D eigenvalue weighted by Gasteiger charge is -2.20. The Hall–Kier alpha value is -3.48. The number of benzene rings is 2. The Morgan fingerprint density at radius 1 is 1.06 bits per heavy atom. The number of hydrogen-bond donors (Lipinski definition) is 1. The molecular formula is C25H29FN4O2. The number of carbonyl (C=O) groups excluding carboxylic acids is 2. The third kappa shape index (κ3) is 5.81. The maximum atomic E-state index is 13.4. The van der Waals surface area contributed by atoms with Crippen molar-refractivity contribution in [2.45, 2.75) is 39.5 Å². The van der Waals surface area contributed by atoms with E-state index in [9.17, 15) is 14.0 Å². The number of rotatable bonds is 7. The molecule has 0 spiro atoms. The Kier molecular flexibility index (Phi) is 7.08. The second-order valence-electron chi connectivity index (χ2n) is 8.67. The summed E-state index contributed by atoms with van der Waals surface area (Å²) in [5.41, 5.74) is 2.07. The van der Waals surface area contributed by atoms with Gasteiger partial charge in [-0.15, -0.1) is 0 Å². The number of halogens is 1. The van der Waals surface area contributed by atoms with E-state index in [0.29, 0.717) is 18.1 Å². The zero-order chi connectivity index (χ0) is 23.3. The normalized spacial score (nSPS) is 11.3. The largest absolute Gasteiger partial charge is 0.333 e. The quantitative estimate of drug-likeness (QED) is 0.599. The summed E-state index contributed by atoms with van der Waals surface area (Å²) in [5.74, 6) is -0.315. The number of hydrogen-bond acceptors (Lipinski definition) is 3. The fourth-order valence-electron chi connectivity index (χ4n) is 3.23. The van der Waals surface area contributed by atoms with Crippen molar-refractivity contribution in [1.29, 1.82) is 0 Å². The van der Waals surface area contributed by atoms with Crippen molar-refractivity contribution in [2.24, 2.45) is 0 Å². The van der Waals surface area contributed by atoms with Crippen molar-refractivity contribution in [2.75, 3.05) is 18.4 Å². The first-order chi connectivity index (χ1) is 15.2. The Bertz CT molecular complexity index is 1070. The lowest BCUT2D eigenvalue weighted by atomic mass is 9.92. The van der Waals surface area contributed by atoms with Crippen LogP contribution in [0.1, 0.15) is 39.0 Å². The first kappa shape index (κ1) is 23.2. The molecule has 0 radical (unpaired) electrons. The summed E-state index contributed by atoms with van der Waals surface area (Å²) in [6.07, 6.45) is 0.240. The van der Waals surface area contributed by atoms with E-state index in [1.807, 2.05) is 64.1 Å². The van der Waals surface area contributed by atoms with Gasteiger partial charge >= 0.3 is 0 Å². The van der Waals surface area contributed by atoms with Crippen LogP contribution in [-0.2, 0) is 21.4 Å². The fraction of sp³-hybridized carbons (Fsp3) is 0.320. The van der Waals surface area contributed by atoms with Crippen LogP contribution < -0.4 is 5.32 Å². The van der Waals surface area contributed by atoms with Gasteiger partial charge in [0.15, 0.2) is 0 Å². The molecule has 2 amide bonds. The summed E-state index contributed by atoms with van der Waals surface area (Å²) in [4.78, 5) is 27.0. The second-order valence-corrected chi connectivity index (χ2v) is 8.67. The molecule has 6 nitrogen and oxygen atoms in total. The number of amides is 2. The Morgan fingerprint density at radius 3 is 2.31 bits per heavy atom. The third-order valence-electron chi connectivity index (χ3n) is 5.08. The molecule has 1 aromatic heterocycles. The van der Waals surface area contributed by atoms with Gasteiger partial charge in [-0.2, -0.15) is 5.10 Å². The predicted octanol–water partition coefficient (Wildman–Crippen LogP) is 4.34. The number of aromatic nitrogens is 2. The van der Waals surface area contributed by atoms with Gasteiger partial charge in [0.05, 0.1) is 24.3 Å². The van der Waals surface area contributed by atoms with E-state index in [4.69, 9.17) is 0 Å². The van der Waals surface area contributed by atoms with Gasteiger partial charge in [-0.1, -0.05) is 51.1 Å². The molecule has 0 aliphatic carbocycles. The van der Waals surface area contributed by atoms with Crippen LogP contribution in [0.2, 0.25) is 0 Å². The van der Waals surface area contributed by atoms with Crippen LogP contribution in [0, 0.1) is 5.82 Å². The molecular weight excluding hydrogens is 407 g/mol. The molecule has 7 heteroatoms. The monoisotopic (exact) mass is 436 g/mol. The van der Waals surface area contributed by atoms with Crippen molar-refractivity contribution in [3.05, 3.63) is 77.7 Å². The Balaban J connectivity index is 1.77. The number of nitrogens with one attached hydrogen (secondary N) is 1. The van der Waals surface area contributed by atoms with E-state index in [1.165, 1.54) is 17.0 Å². The summed E-state index contributed by atoms with van der Waals surface area (Å²) in [5, 5.41) is 7.50. The van der Waals surface area contributed by atoms with Gasteiger partial charge in [0.1, 0.15) is 11.6 Å². The highest BCUT2D eigenvalue weighted by Crippen LogP contribution is 2.26. The minimum Gasteiger partial charge on any atom is -0.333 e. The lowest BCUT2D eigenvalue weighted by Crippen LogP contribution is -2.38. The summed E-state index contributed by atoms with van der Waals surface area (Å²) in [6, 6.07) is 17.2. The third-order valence-corrected chi connectivity index (χ3v) is 5.08. The molecule has 0 bridgehead atoms. The van der Waals surface area contributed by atoms with Gasteiger partial charge in [0.2, 0.25) is 11.8 Å². The lowest BCUT2D eigenvalue weighted by molar-refractivity contribution is -0.133. The van der Waals surface area contributed by atoms with E-state index in [2.05, 4.69) is 10.4 Å². The molecule has 0 fully saturated rings. The summed E-state index contributed by atoms with van der Waals surface area (Å²) in [6.45, 7) is 8.27. The van der Waals surface area contributed by atoms with Crippen LogP contribution in [0.3, 0.4) is 0 Å². The first-order valence-corrected chi connectivity index (χ1v) is 10.7. The van der Waals surface area contributed by atoms with Gasteiger partial charge in [0, 0.05) is 18.0 Å². The molecule has 0 aliphatic heterocycles. The van der Waals surface area contributed by atoms with Crippen molar-refractivity contribution >= 4 is 17.6 Å². The average Bonchev–Trinajstić information content (AvgIpc) is 3.17. The van der Waals surface area contributed by atoms with Gasteiger partial charge < -0.3 is 10.2 Å². The Labute approximate surface area is 188 Å². The predicted molar refractivity (Wildman–Crippen MR) is 123 cm³/mol. The van der Waals surface area contributed by atoms with Gasteiger partial charge in [-0.25, -0.2) is 9.07 Å². The second kappa shape index (κ2) is 9.77. The van der Waals surface area contributed by atoms with Gasteiger partial charge in [0.25, 0.3) is 0 Å². The van der Waals surface area contributed by atoms with Crippen LogP contribution in [0.5, 0.6) is 0 Å². The highest BCUT2D eigenvalue weighted by atomic mass is 19.1. The minimum atomic E-state index is -0.349. The molecule has 0 saturated carbocycles. The minimum absolute atomic E-state index is 0.0678. The number of likely N-dealkylation sites (N-methyl/N-ethyl adjacent to an activating group) is 1. The molecule has 1 heterocycles. The van der Waals surface area contributed by atoms with E-state index in [-0.39, 0.29) is 36.0 Å². The van der Waals surface area contributed by atoms with Crippen molar-refractivity contribution in [3.8, 4) is 5.69 Å². The number of carbonyl (C=O) groups is 2. The van der Waals surface area contributed by atoms with E-state index in [1.54, 1.807) is 16.8 Å². The van der Waals surface area contributed by atoms with E-state index < -0.39 is 0 Å². The van der Waals surface area contributed by atoms with Gasteiger partial charge in [-0.3, -0.25) is 9.59 Å². The molecule has 0 aliphatic rings. The molecule has 0 unspecified atom stereocenters. The molecule has 3 rings (SSSR count). The van der Waals surface area contributed by atoms with Crippen molar-refractivity contribution in [3.63, 3.8) is 0 Å². The molecule has 2 aromatic carbocycles. The highest BCUT2D eigenvalue weighted by Gasteiger charge is 2.23. The maximum absolute atomic E-state index is 13.4. The standard InChI is InChI=1S/C25H29FN4O2/c1-5-29(24(32)15-18-9-7-6-8-10-18)17-23(31)27-22-16-21(25(2,3)4)28-30(22)20-13-11-19(26)12-14-20/h6-14,16H,5,15,17H2,1-4H3,(H,27,31). The molecule has 3 aromatic rings. The highest BCUT2D eigenvalue weighted by molar-refractivity contribution is 5.94. The number of anilines is 1. The topological polar surface area (TPSA) is 67.2 Å². The summed E-state index contributed by atoms with van der Waals surface area (Å²) >= 11 is 0. The SMILES string of the molecule is CCN(CC(=O)Nc1cc(C(C)(C)C)nn1-c1ccc(F)cc1)C(=O)Cc1ccccc1. The van der Waals surface area contributed by atoms with Crippen LogP contribution in [0.15, 0.2) is 60.7 Å². The van der Waals surface area contributed by atoms with E-state index in [0.717, 1.165) is 11.3 Å². The molecule has 168 valence electrons. The number of nitrogens with zero attached hydrogens (tertiary/aromatic N) is 3. The zero-order valence-corrected chi connectivity index (χ0v) is 18.9. The molecule has 1 N–H and O–H groups in total. The zero-order valence-electron chi connectivity index (χ0n) is 18.9. The maximum Gasteiger partial charge on any atom is 0.245 e. The summed E-state index contributed by atoms with van der Waals surface area (Å²) < 4.78 is 15.0. The van der Waals surface area contributed by atoms with Crippen molar-refractivity contribution in [1.82, 2.24) is 14.7 Å². The summed E-state index contributed by atoms with van der Waals surface area (Å²) in [7, 11) is 0. The smallest absolute Gasteiger partial charge is 0.245 e. The van der Waals surface area contributed by atoms with Crippen molar-refractivity contribution < 1.29 is 14.0 Å². The van der Waals surface area contributed by atoms with Crippen LogP contribution >= 0.6 is 0 Å². The van der Waals surface area contributed by atoms with Crippen LogP contribution in [0.25, 0.3) is 5.69 Å². The fourth-order valence-corrected chi connectivity index (χ4v) is 3.23. The average molecular weight is 437 g/mol. The molecule has 32 heavy (non-hydrogen) atoms. The van der Waals surface area contributed by atoms with E-state index >= 15 is 0 Å². The molecule has 0 atom stereocenters. The Morgan fingerprint density at radius 2 is 1.72 bits per heavy atom. The first-order valence-electron chi connectivity index (χ1n) is 10.7. The van der Waals surface area contributed by atoms with Crippen LogP contribution in [0.4, 0.5) is 10.2 Å². The van der Waals surface area contributed by atoms with Gasteiger partial charge in [-0.05, 0) is 36.8 Å².